The number of rotatable bonds is 1. The van der Waals surface area contributed by atoms with Crippen LogP contribution in [0.25, 0.3) is 0 Å². The summed E-state index contributed by atoms with van der Waals surface area (Å²) in [5.41, 5.74) is -0.550. The molecule has 1 aliphatic heterocycles. The van der Waals surface area contributed by atoms with Crippen molar-refractivity contribution in [3.8, 4) is 0 Å². The second-order valence-electron chi connectivity index (χ2n) is 2.94. The fourth-order valence-electron chi connectivity index (χ4n) is 1.17. The lowest BCUT2D eigenvalue weighted by atomic mass is 9.93. The lowest BCUT2D eigenvalue weighted by Gasteiger charge is -2.35. The summed E-state index contributed by atoms with van der Waals surface area (Å²) in [6.45, 7) is 3.09. The predicted octanol–water partition coefficient (Wildman–Crippen LogP) is 0.723. The van der Waals surface area contributed by atoms with Gasteiger partial charge in [-0.1, -0.05) is 0 Å². The van der Waals surface area contributed by atoms with Crippen molar-refractivity contribution in [2.75, 3.05) is 20.2 Å². The van der Waals surface area contributed by atoms with Gasteiger partial charge in [-0.3, -0.25) is 0 Å². The summed E-state index contributed by atoms with van der Waals surface area (Å²) >= 11 is 0. The quantitative estimate of drug-likeness (QED) is 0.590. The van der Waals surface area contributed by atoms with Gasteiger partial charge in [0.1, 0.15) is 6.17 Å². The van der Waals surface area contributed by atoms with Crippen LogP contribution in [0.4, 0.5) is 4.39 Å². The largest absolute Gasteiger partial charge is 0.375 e. The molecule has 1 aliphatic rings. The van der Waals surface area contributed by atoms with Crippen molar-refractivity contribution in [3.05, 3.63) is 0 Å². The standard InChI is InChI=1S/C7H14FNO/c1-7(10-2)3-4-9-5-6(7)8/h6,9H,3-5H2,1-2H3/t6?,7-/m0/s1. The van der Waals surface area contributed by atoms with Gasteiger partial charge in [0, 0.05) is 13.7 Å². The van der Waals surface area contributed by atoms with Crippen molar-refractivity contribution in [2.24, 2.45) is 0 Å². The van der Waals surface area contributed by atoms with E-state index in [2.05, 4.69) is 5.32 Å². The monoisotopic (exact) mass is 147 g/mol. The Morgan fingerprint density at radius 3 is 2.80 bits per heavy atom. The van der Waals surface area contributed by atoms with Crippen LogP contribution in [0.3, 0.4) is 0 Å². The van der Waals surface area contributed by atoms with Crippen molar-refractivity contribution in [1.82, 2.24) is 5.32 Å². The predicted molar refractivity (Wildman–Crippen MR) is 37.8 cm³/mol. The second kappa shape index (κ2) is 2.84. The molecule has 1 heterocycles. The van der Waals surface area contributed by atoms with Crippen LogP contribution in [0.1, 0.15) is 13.3 Å². The summed E-state index contributed by atoms with van der Waals surface area (Å²) in [7, 11) is 1.57. The molecule has 1 N–H and O–H groups in total. The third kappa shape index (κ3) is 1.30. The van der Waals surface area contributed by atoms with E-state index in [1.54, 1.807) is 7.11 Å². The van der Waals surface area contributed by atoms with E-state index in [4.69, 9.17) is 4.74 Å². The van der Waals surface area contributed by atoms with Gasteiger partial charge < -0.3 is 10.1 Å². The van der Waals surface area contributed by atoms with Gasteiger partial charge in [0.05, 0.1) is 5.60 Å². The second-order valence-corrected chi connectivity index (χ2v) is 2.94. The van der Waals surface area contributed by atoms with E-state index in [1.807, 2.05) is 6.92 Å². The maximum atomic E-state index is 13.0. The van der Waals surface area contributed by atoms with E-state index in [-0.39, 0.29) is 0 Å². The zero-order valence-electron chi connectivity index (χ0n) is 6.48. The molecule has 0 aromatic heterocycles. The Bertz CT molecular complexity index is 120. The molecule has 10 heavy (non-hydrogen) atoms. The van der Waals surface area contributed by atoms with Crippen molar-refractivity contribution >= 4 is 0 Å². The molecule has 0 saturated carbocycles. The third-order valence-corrected chi connectivity index (χ3v) is 2.25. The number of methoxy groups -OCH3 is 1. The molecule has 2 nitrogen and oxygen atoms in total. The Hall–Kier alpha value is -0.150. The summed E-state index contributed by atoms with van der Waals surface area (Å²) in [6.07, 6.45) is -0.115. The molecule has 0 radical (unpaired) electrons. The molecule has 0 aromatic carbocycles. The normalized spacial score (nSPS) is 41.7. The Morgan fingerprint density at radius 1 is 1.70 bits per heavy atom. The Labute approximate surface area is 60.8 Å². The minimum atomic E-state index is -0.869. The zero-order valence-corrected chi connectivity index (χ0v) is 6.48. The molecule has 0 amide bonds. The number of nitrogens with one attached hydrogen (secondary N) is 1. The van der Waals surface area contributed by atoms with Crippen molar-refractivity contribution in [1.29, 1.82) is 0 Å². The molecule has 1 fully saturated rings. The van der Waals surface area contributed by atoms with Gasteiger partial charge in [0.2, 0.25) is 0 Å². The van der Waals surface area contributed by atoms with E-state index in [9.17, 15) is 4.39 Å². The van der Waals surface area contributed by atoms with Gasteiger partial charge in [-0.05, 0) is 19.9 Å². The van der Waals surface area contributed by atoms with E-state index < -0.39 is 11.8 Å². The first kappa shape index (κ1) is 7.95. The van der Waals surface area contributed by atoms with Crippen LogP contribution >= 0.6 is 0 Å². The molecule has 0 spiro atoms. The molecule has 60 valence electrons. The SMILES string of the molecule is CO[C@@]1(C)CCNCC1F. The van der Waals surface area contributed by atoms with Crippen LogP contribution in [0.5, 0.6) is 0 Å². The summed E-state index contributed by atoms with van der Waals surface area (Å²) in [5, 5.41) is 2.97. The van der Waals surface area contributed by atoms with Crippen LogP contribution in [-0.4, -0.2) is 32.0 Å². The summed E-state index contributed by atoms with van der Waals surface area (Å²) < 4.78 is 18.1. The molecular weight excluding hydrogens is 133 g/mol. The van der Waals surface area contributed by atoms with Gasteiger partial charge in [-0.25, -0.2) is 4.39 Å². The Morgan fingerprint density at radius 2 is 2.40 bits per heavy atom. The highest BCUT2D eigenvalue weighted by Crippen LogP contribution is 2.23. The van der Waals surface area contributed by atoms with Crippen LogP contribution < -0.4 is 5.32 Å². The van der Waals surface area contributed by atoms with Crippen LogP contribution in [0.15, 0.2) is 0 Å². The van der Waals surface area contributed by atoms with E-state index in [0.717, 1.165) is 13.0 Å². The topological polar surface area (TPSA) is 21.3 Å². The fraction of sp³-hybridized carbons (Fsp3) is 1.00. The maximum Gasteiger partial charge on any atom is 0.141 e. The van der Waals surface area contributed by atoms with Crippen molar-refractivity contribution < 1.29 is 9.13 Å². The fourth-order valence-corrected chi connectivity index (χ4v) is 1.17. The first-order chi connectivity index (χ1) is 4.69. The first-order valence-electron chi connectivity index (χ1n) is 3.59. The molecule has 0 aliphatic carbocycles. The average Bonchev–Trinajstić information content (AvgIpc) is 1.96. The van der Waals surface area contributed by atoms with Crippen LogP contribution in [0.2, 0.25) is 0 Å². The van der Waals surface area contributed by atoms with Gasteiger partial charge in [0.15, 0.2) is 0 Å². The molecule has 1 saturated heterocycles. The minimum absolute atomic E-state index is 0.421. The smallest absolute Gasteiger partial charge is 0.141 e. The zero-order chi connectivity index (χ0) is 7.61. The van der Waals surface area contributed by atoms with E-state index >= 15 is 0 Å². The molecule has 0 aromatic rings. The molecule has 1 unspecified atom stereocenters. The molecule has 3 heteroatoms. The average molecular weight is 147 g/mol. The maximum absolute atomic E-state index is 13.0. The van der Waals surface area contributed by atoms with E-state index in [0.29, 0.717) is 6.54 Å². The number of hydrogen-bond acceptors (Lipinski definition) is 2. The molecule has 1 rings (SSSR count). The van der Waals surface area contributed by atoms with Gasteiger partial charge in [-0.2, -0.15) is 0 Å². The third-order valence-electron chi connectivity index (χ3n) is 2.25. The highest BCUT2D eigenvalue weighted by atomic mass is 19.1. The van der Waals surface area contributed by atoms with Gasteiger partial charge in [-0.15, -0.1) is 0 Å². The minimum Gasteiger partial charge on any atom is -0.375 e. The lowest BCUT2D eigenvalue weighted by molar-refractivity contribution is -0.0729. The summed E-state index contributed by atoms with van der Waals surface area (Å²) in [6, 6.07) is 0. The lowest BCUT2D eigenvalue weighted by Crippen LogP contribution is -2.51. The first-order valence-corrected chi connectivity index (χ1v) is 3.59. The highest BCUT2D eigenvalue weighted by molar-refractivity contribution is 4.89. The summed E-state index contributed by atoms with van der Waals surface area (Å²) in [5.74, 6) is 0. The number of piperidine rings is 1. The van der Waals surface area contributed by atoms with Crippen LogP contribution in [0, 0.1) is 0 Å². The number of hydrogen-bond donors (Lipinski definition) is 1. The molecular formula is C7H14FNO. The van der Waals surface area contributed by atoms with Crippen molar-refractivity contribution in [3.63, 3.8) is 0 Å². The van der Waals surface area contributed by atoms with Crippen LogP contribution in [-0.2, 0) is 4.74 Å². The highest BCUT2D eigenvalue weighted by Gasteiger charge is 2.36. The Balaban J connectivity index is 2.54. The molecule has 2 atom stereocenters. The molecule has 0 bridgehead atoms. The number of halogens is 1. The van der Waals surface area contributed by atoms with Gasteiger partial charge >= 0.3 is 0 Å². The van der Waals surface area contributed by atoms with Crippen molar-refractivity contribution in [2.45, 2.75) is 25.1 Å². The number of ether oxygens (including phenoxy) is 1. The Kier molecular flexibility index (Phi) is 2.26. The van der Waals surface area contributed by atoms with E-state index in [1.165, 1.54) is 0 Å². The number of alkyl halides is 1. The summed E-state index contributed by atoms with van der Waals surface area (Å²) in [4.78, 5) is 0. The van der Waals surface area contributed by atoms with Gasteiger partial charge in [0.25, 0.3) is 0 Å².